The molecule has 1 aromatic carbocycles. The van der Waals surface area contributed by atoms with Gasteiger partial charge in [0.1, 0.15) is 17.7 Å². The largest absolute Gasteiger partial charge is 0.455 e. The lowest BCUT2D eigenvalue weighted by molar-refractivity contribution is -0.165. The molecule has 252 valence electrons. The van der Waals surface area contributed by atoms with Crippen molar-refractivity contribution in [3.8, 4) is 0 Å². The second-order valence-electron chi connectivity index (χ2n) is 12.9. The number of ether oxygens (including phenoxy) is 2. The lowest BCUT2D eigenvalue weighted by Gasteiger charge is -2.40. The highest BCUT2D eigenvalue weighted by molar-refractivity contribution is 9.09. The number of allylic oxidation sites excluding steroid dienone is 1. The van der Waals surface area contributed by atoms with Gasteiger partial charge in [0.15, 0.2) is 0 Å². The lowest BCUT2D eigenvalue weighted by Crippen LogP contribution is -2.59. The Bertz CT molecular complexity index is 1300. The van der Waals surface area contributed by atoms with Crippen LogP contribution in [0.15, 0.2) is 55.6 Å². The van der Waals surface area contributed by atoms with E-state index in [1.807, 2.05) is 58.0 Å². The Morgan fingerprint density at radius 3 is 2.43 bits per heavy atom. The number of carbonyl (C=O) groups is 4. The number of fused-ring (bicyclic) bond motifs is 1. The van der Waals surface area contributed by atoms with Crippen LogP contribution in [0.25, 0.3) is 0 Å². The molecule has 1 N–H and O–H groups in total. The first-order valence-corrected chi connectivity index (χ1v) is 17.1. The first-order chi connectivity index (χ1) is 21.9. The van der Waals surface area contributed by atoms with Gasteiger partial charge in [-0.1, -0.05) is 65.3 Å². The van der Waals surface area contributed by atoms with E-state index in [2.05, 4.69) is 29.1 Å². The van der Waals surface area contributed by atoms with Crippen molar-refractivity contribution in [3.63, 3.8) is 0 Å². The number of likely N-dealkylation sites (N-methyl/N-ethyl adjacent to an activating group) is 1. The zero-order chi connectivity index (χ0) is 33.9. The summed E-state index contributed by atoms with van der Waals surface area (Å²) in [6.45, 7) is 14.9. The van der Waals surface area contributed by atoms with Gasteiger partial charge in [0, 0.05) is 30.9 Å². The summed E-state index contributed by atoms with van der Waals surface area (Å²) < 4.78 is 12.9. The number of benzene rings is 1. The van der Waals surface area contributed by atoms with Crippen LogP contribution in [0.2, 0.25) is 0 Å². The Morgan fingerprint density at radius 1 is 1.20 bits per heavy atom. The minimum atomic E-state index is -1.29. The molecule has 1 aromatic rings. The molecule has 4 rings (SSSR count). The molecule has 3 saturated heterocycles. The highest BCUT2D eigenvalue weighted by atomic mass is 79.9. The third-order valence-corrected chi connectivity index (χ3v) is 10.8. The smallest absolute Gasteiger partial charge is 0.313 e. The zero-order valence-corrected chi connectivity index (χ0v) is 29.1. The second-order valence-corrected chi connectivity index (χ2v) is 14.0. The molecule has 1 unspecified atom stereocenters. The molecule has 9 atom stereocenters. The summed E-state index contributed by atoms with van der Waals surface area (Å²) >= 11 is 3.71. The molecule has 0 radical (unpaired) electrons. The lowest BCUT2D eigenvalue weighted by atomic mass is 9.70. The molecule has 0 aromatic heterocycles. The molecular formula is C35H48BrN3O7. The molecule has 3 aliphatic heterocycles. The predicted molar refractivity (Wildman–Crippen MR) is 178 cm³/mol. The first-order valence-electron chi connectivity index (χ1n) is 16.2. The maximum absolute atomic E-state index is 14.5. The van der Waals surface area contributed by atoms with E-state index in [0.29, 0.717) is 24.8 Å². The minimum absolute atomic E-state index is 0.112. The Hall–Kier alpha value is -3.02. The Morgan fingerprint density at radius 2 is 1.87 bits per heavy atom. The number of aliphatic hydroxyl groups is 1. The van der Waals surface area contributed by atoms with Crippen LogP contribution >= 0.6 is 15.9 Å². The molecule has 10 nitrogen and oxygen atoms in total. The van der Waals surface area contributed by atoms with E-state index in [4.69, 9.17) is 9.47 Å². The summed E-state index contributed by atoms with van der Waals surface area (Å²) in [5, 5.41) is 10.4. The number of hydrogen-bond acceptors (Lipinski definition) is 7. The highest BCUT2D eigenvalue weighted by Gasteiger charge is 2.77. The van der Waals surface area contributed by atoms with Gasteiger partial charge >= 0.3 is 5.97 Å². The zero-order valence-electron chi connectivity index (χ0n) is 27.5. The summed E-state index contributed by atoms with van der Waals surface area (Å²) in [5.41, 5.74) is -0.588. The molecule has 3 heterocycles. The fourth-order valence-electron chi connectivity index (χ4n) is 7.40. The molecule has 3 amide bonds. The van der Waals surface area contributed by atoms with Gasteiger partial charge in [-0.2, -0.15) is 0 Å². The average Bonchev–Trinajstić information content (AvgIpc) is 3.64. The van der Waals surface area contributed by atoms with E-state index in [-0.39, 0.29) is 42.3 Å². The quantitative estimate of drug-likeness (QED) is 0.167. The second kappa shape index (κ2) is 14.8. The third kappa shape index (κ3) is 6.30. The van der Waals surface area contributed by atoms with Gasteiger partial charge in [-0.05, 0) is 45.6 Å². The van der Waals surface area contributed by atoms with Crippen molar-refractivity contribution in [3.05, 3.63) is 61.2 Å². The van der Waals surface area contributed by atoms with Gasteiger partial charge in [0.2, 0.25) is 17.7 Å². The minimum Gasteiger partial charge on any atom is -0.455 e. The summed E-state index contributed by atoms with van der Waals surface area (Å²) in [7, 11) is 1.68. The predicted octanol–water partition coefficient (Wildman–Crippen LogP) is 4.03. The summed E-state index contributed by atoms with van der Waals surface area (Å²) in [5.74, 6) is -3.43. The highest BCUT2D eigenvalue weighted by Crippen LogP contribution is 2.61. The molecule has 46 heavy (non-hydrogen) atoms. The molecule has 0 saturated carbocycles. The van der Waals surface area contributed by atoms with Gasteiger partial charge in [-0.25, -0.2) is 0 Å². The Balaban J connectivity index is 1.74. The summed E-state index contributed by atoms with van der Waals surface area (Å²) in [6.07, 6.45) is 3.33. The summed E-state index contributed by atoms with van der Waals surface area (Å²) in [6, 6.07) is 6.82. The Kier molecular flexibility index (Phi) is 11.5. The number of nitrogens with zero attached hydrogens (tertiary/aromatic N) is 3. The van der Waals surface area contributed by atoms with E-state index in [1.54, 1.807) is 29.0 Å². The van der Waals surface area contributed by atoms with Crippen LogP contribution in [0.1, 0.15) is 65.0 Å². The SMILES string of the molecule is C=CCCC(=O)N(C)[C@@H](C)[C@@H](OC(=O)[C@@H]1[C@H]2O[C@@]3(CC2Br)[C@H](C(=O)N(CC=C)C(C)C)N([C@@H](CC)CO)C(=O)[C@@H]13)c1ccccc1. The van der Waals surface area contributed by atoms with E-state index < -0.39 is 59.6 Å². The van der Waals surface area contributed by atoms with Crippen molar-refractivity contribution in [2.75, 3.05) is 20.2 Å². The number of alkyl halides is 1. The normalized spacial score (nSPS) is 28.4. The van der Waals surface area contributed by atoms with Gasteiger partial charge in [-0.15, -0.1) is 13.2 Å². The van der Waals surface area contributed by atoms with Crippen molar-refractivity contribution in [1.29, 1.82) is 0 Å². The molecule has 2 bridgehead atoms. The van der Waals surface area contributed by atoms with Crippen molar-refractivity contribution in [2.45, 2.75) is 100 Å². The van der Waals surface area contributed by atoms with Crippen molar-refractivity contribution < 1.29 is 33.8 Å². The van der Waals surface area contributed by atoms with Crippen LogP contribution in [0.3, 0.4) is 0 Å². The van der Waals surface area contributed by atoms with E-state index >= 15 is 0 Å². The average molecular weight is 703 g/mol. The number of amides is 3. The van der Waals surface area contributed by atoms with Gasteiger partial charge in [0.05, 0.1) is 36.6 Å². The molecule has 11 heteroatoms. The van der Waals surface area contributed by atoms with Crippen LogP contribution in [-0.2, 0) is 28.7 Å². The van der Waals surface area contributed by atoms with Crippen LogP contribution in [0.5, 0.6) is 0 Å². The van der Waals surface area contributed by atoms with Crippen molar-refractivity contribution >= 4 is 39.6 Å². The van der Waals surface area contributed by atoms with Gasteiger partial charge < -0.3 is 29.3 Å². The number of halogens is 1. The topological polar surface area (TPSA) is 117 Å². The first kappa shape index (κ1) is 35.8. The van der Waals surface area contributed by atoms with Crippen LogP contribution < -0.4 is 0 Å². The third-order valence-electron chi connectivity index (χ3n) is 9.92. The van der Waals surface area contributed by atoms with E-state index in [9.17, 15) is 24.3 Å². The van der Waals surface area contributed by atoms with Gasteiger partial charge in [0.25, 0.3) is 0 Å². The van der Waals surface area contributed by atoms with E-state index in [1.165, 1.54) is 4.90 Å². The Labute approximate surface area is 280 Å². The maximum atomic E-state index is 14.5. The number of hydrogen-bond donors (Lipinski definition) is 1. The molecule has 1 spiro atoms. The molecule has 3 aliphatic rings. The number of rotatable bonds is 15. The number of esters is 1. The molecular weight excluding hydrogens is 654 g/mol. The number of aliphatic hydroxyl groups excluding tert-OH is 1. The number of likely N-dealkylation sites (tertiary alicyclic amines) is 1. The molecule has 3 fully saturated rings. The number of carbonyl (C=O) groups excluding carboxylic acids is 4. The molecule has 0 aliphatic carbocycles. The fourth-order valence-corrected chi connectivity index (χ4v) is 8.34. The standard InChI is InChI=1S/C35H48BrN3O7/c1-8-11-17-26(41)37(7)22(6)29(23-15-13-12-14-16-23)45-34(44)27-28-32(42)39(24(10-3)20-40)31(33(43)38(18-9-2)21(4)5)35(28)19-25(36)30(27)46-35/h8-9,12-16,21-22,24-25,27-31,40H,1-2,10-11,17-20H2,3-7H3/t22-,24-,25?,27-,28+,29+,30-,31-,35+/m0/s1. The van der Waals surface area contributed by atoms with Gasteiger partial charge in [-0.3, -0.25) is 19.2 Å². The maximum Gasteiger partial charge on any atom is 0.313 e. The van der Waals surface area contributed by atoms with Crippen LogP contribution in [0.4, 0.5) is 0 Å². The van der Waals surface area contributed by atoms with E-state index in [0.717, 1.165) is 0 Å². The fraction of sp³-hybridized carbons (Fsp3) is 0.600. The monoisotopic (exact) mass is 701 g/mol. The van der Waals surface area contributed by atoms with Crippen molar-refractivity contribution in [1.82, 2.24) is 14.7 Å². The van der Waals surface area contributed by atoms with Crippen LogP contribution in [-0.4, -0.2) is 104 Å². The summed E-state index contributed by atoms with van der Waals surface area (Å²) in [4.78, 5) is 60.6. The van der Waals surface area contributed by atoms with Crippen molar-refractivity contribution in [2.24, 2.45) is 11.8 Å². The van der Waals surface area contributed by atoms with Crippen LogP contribution in [0, 0.1) is 11.8 Å².